The SMILES string of the molecule is COc1ccc(Cl)cc1NC(=O)c1ccccc1N1C(=O)[C@@H]2[C@H]3C=C[C@@H]([C@@H]4C[C@H]34)[C@H]2C1=O. The first-order valence-electron chi connectivity index (χ1n) is 10.8. The van der Waals surface area contributed by atoms with Crippen molar-refractivity contribution >= 4 is 40.7 Å². The Morgan fingerprint density at radius 2 is 1.69 bits per heavy atom. The number of allylic oxidation sites excluding steroid dienone is 2. The molecule has 0 unspecified atom stereocenters. The van der Waals surface area contributed by atoms with Gasteiger partial charge in [0.15, 0.2) is 0 Å². The molecule has 1 saturated heterocycles. The smallest absolute Gasteiger partial charge is 0.257 e. The maximum absolute atomic E-state index is 13.5. The Bertz CT molecular complexity index is 1170. The second-order valence-corrected chi connectivity index (χ2v) is 9.42. The Balaban J connectivity index is 1.35. The van der Waals surface area contributed by atoms with Crippen molar-refractivity contribution in [1.29, 1.82) is 0 Å². The second-order valence-electron chi connectivity index (χ2n) is 8.98. The van der Waals surface area contributed by atoms with E-state index in [4.69, 9.17) is 16.3 Å². The van der Waals surface area contributed by atoms with E-state index in [0.717, 1.165) is 6.42 Å². The fourth-order valence-electron chi connectivity index (χ4n) is 6.02. The molecule has 5 aliphatic rings. The van der Waals surface area contributed by atoms with Crippen LogP contribution in [0.4, 0.5) is 11.4 Å². The summed E-state index contributed by atoms with van der Waals surface area (Å²) in [6.45, 7) is 0. The lowest BCUT2D eigenvalue weighted by Gasteiger charge is -2.37. The van der Waals surface area contributed by atoms with E-state index in [-0.39, 0.29) is 41.0 Å². The maximum Gasteiger partial charge on any atom is 0.257 e. The van der Waals surface area contributed by atoms with E-state index in [1.165, 1.54) is 12.0 Å². The summed E-state index contributed by atoms with van der Waals surface area (Å²) in [4.78, 5) is 41.4. The molecule has 4 aliphatic carbocycles. The zero-order chi connectivity index (χ0) is 22.1. The van der Waals surface area contributed by atoms with Gasteiger partial charge in [0.1, 0.15) is 5.75 Å². The Morgan fingerprint density at radius 3 is 2.34 bits per heavy atom. The van der Waals surface area contributed by atoms with Gasteiger partial charge in [0.25, 0.3) is 5.91 Å². The van der Waals surface area contributed by atoms with Gasteiger partial charge in [-0.3, -0.25) is 14.4 Å². The maximum atomic E-state index is 13.5. The van der Waals surface area contributed by atoms with Crippen molar-refractivity contribution in [2.75, 3.05) is 17.3 Å². The number of amides is 3. The van der Waals surface area contributed by atoms with Crippen LogP contribution in [0.5, 0.6) is 5.75 Å². The molecule has 32 heavy (non-hydrogen) atoms. The number of benzene rings is 2. The van der Waals surface area contributed by atoms with Crippen LogP contribution in [-0.2, 0) is 9.59 Å². The number of halogens is 1. The average Bonchev–Trinajstić information content (AvgIpc) is 3.57. The molecule has 0 aromatic heterocycles. The molecular formula is C25H21ClN2O4. The topological polar surface area (TPSA) is 75.7 Å². The molecule has 162 valence electrons. The number of hydrogen-bond donors (Lipinski definition) is 1. The number of anilines is 2. The number of para-hydroxylation sites is 1. The number of methoxy groups -OCH3 is 1. The molecule has 2 aromatic carbocycles. The van der Waals surface area contributed by atoms with E-state index in [2.05, 4.69) is 17.5 Å². The van der Waals surface area contributed by atoms with Crippen LogP contribution in [0.25, 0.3) is 0 Å². The number of nitrogens with zero attached hydrogens (tertiary/aromatic N) is 1. The Kier molecular flexibility index (Phi) is 4.24. The Morgan fingerprint density at radius 1 is 1.03 bits per heavy atom. The fourth-order valence-corrected chi connectivity index (χ4v) is 6.19. The summed E-state index contributed by atoms with van der Waals surface area (Å²) in [5.41, 5.74) is 0.985. The molecule has 2 bridgehead atoms. The minimum absolute atomic E-state index is 0.133. The summed E-state index contributed by atoms with van der Waals surface area (Å²) in [5, 5.41) is 3.26. The lowest BCUT2D eigenvalue weighted by atomic mass is 9.63. The first-order valence-corrected chi connectivity index (χ1v) is 11.2. The van der Waals surface area contributed by atoms with Gasteiger partial charge in [0, 0.05) is 5.02 Å². The normalized spacial score (nSPS) is 31.4. The molecule has 1 aliphatic heterocycles. The van der Waals surface area contributed by atoms with Gasteiger partial charge in [-0.05, 0) is 60.4 Å². The fraction of sp³-hybridized carbons (Fsp3) is 0.320. The van der Waals surface area contributed by atoms with Gasteiger partial charge >= 0.3 is 0 Å². The van der Waals surface area contributed by atoms with E-state index in [9.17, 15) is 14.4 Å². The van der Waals surface area contributed by atoms with Crippen molar-refractivity contribution < 1.29 is 19.1 Å². The van der Waals surface area contributed by atoms with Crippen LogP contribution in [0.2, 0.25) is 5.02 Å². The number of ether oxygens (including phenoxy) is 1. The van der Waals surface area contributed by atoms with E-state index in [0.29, 0.717) is 34.0 Å². The summed E-state index contributed by atoms with van der Waals surface area (Å²) < 4.78 is 5.31. The number of carbonyl (C=O) groups is 3. The number of rotatable bonds is 4. The van der Waals surface area contributed by atoms with Crippen LogP contribution in [0.3, 0.4) is 0 Å². The molecule has 3 amide bonds. The minimum Gasteiger partial charge on any atom is -0.495 e. The summed E-state index contributed by atoms with van der Waals surface area (Å²) in [6, 6.07) is 11.7. The lowest BCUT2D eigenvalue weighted by Crippen LogP contribution is -2.40. The highest BCUT2D eigenvalue weighted by Crippen LogP contribution is 2.65. The van der Waals surface area contributed by atoms with Gasteiger partial charge in [-0.25, -0.2) is 4.90 Å². The van der Waals surface area contributed by atoms with E-state index in [1.54, 1.807) is 42.5 Å². The molecule has 7 heteroatoms. The summed E-state index contributed by atoms with van der Waals surface area (Å²) >= 11 is 6.08. The van der Waals surface area contributed by atoms with E-state index >= 15 is 0 Å². The third kappa shape index (κ3) is 2.69. The van der Waals surface area contributed by atoms with Crippen LogP contribution < -0.4 is 15.0 Å². The molecule has 6 nitrogen and oxygen atoms in total. The number of imide groups is 1. The van der Waals surface area contributed by atoms with Crippen molar-refractivity contribution in [3.8, 4) is 5.75 Å². The highest BCUT2D eigenvalue weighted by atomic mass is 35.5. The molecule has 1 N–H and O–H groups in total. The molecule has 0 spiro atoms. The van der Waals surface area contributed by atoms with Gasteiger partial charge < -0.3 is 10.1 Å². The third-order valence-electron chi connectivity index (χ3n) is 7.46. The van der Waals surface area contributed by atoms with Crippen molar-refractivity contribution in [3.05, 3.63) is 65.2 Å². The van der Waals surface area contributed by atoms with Crippen molar-refractivity contribution in [2.24, 2.45) is 35.5 Å². The first kappa shape index (κ1) is 19.6. The molecular weight excluding hydrogens is 428 g/mol. The highest BCUT2D eigenvalue weighted by Gasteiger charge is 2.67. The molecule has 6 atom stereocenters. The molecule has 2 aromatic rings. The van der Waals surface area contributed by atoms with Gasteiger partial charge in [0.2, 0.25) is 11.8 Å². The summed E-state index contributed by atoms with van der Waals surface area (Å²) in [5.74, 6) is 0.322. The zero-order valence-corrected chi connectivity index (χ0v) is 18.1. The zero-order valence-electron chi connectivity index (χ0n) is 17.3. The summed E-state index contributed by atoms with van der Waals surface area (Å²) in [6.07, 6.45) is 5.38. The van der Waals surface area contributed by atoms with Crippen LogP contribution >= 0.6 is 11.6 Å². The largest absolute Gasteiger partial charge is 0.495 e. The third-order valence-corrected chi connectivity index (χ3v) is 7.70. The Hall–Kier alpha value is -3.12. The van der Waals surface area contributed by atoms with Gasteiger partial charge in [0.05, 0.1) is 35.9 Å². The number of nitrogens with one attached hydrogen (secondary N) is 1. The Labute approximate surface area is 190 Å². The van der Waals surface area contributed by atoms with E-state index < -0.39 is 5.91 Å². The molecule has 3 fully saturated rings. The number of hydrogen-bond acceptors (Lipinski definition) is 4. The molecule has 1 heterocycles. The predicted molar refractivity (Wildman–Crippen MR) is 120 cm³/mol. The first-order chi connectivity index (χ1) is 15.5. The van der Waals surface area contributed by atoms with Gasteiger partial charge in [-0.2, -0.15) is 0 Å². The van der Waals surface area contributed by atoms with Crippen molar-refractivity contribution in [3.63, 3.8) is 0 Å². The molecule has 7 rings (SSSR count). The van der Waals surface area contributed by atoms with Gasteiger partial charge in [-0.1, -0.05) is 35.9 Å². The minimum atomic E-state index is -0.444. The standard InChI is InChI=1S/C25H21ClN2O4/c1-32-20-9-6-12(26)10-18(20)27-23(29)15-4-2-3-5-19(15)28-24(30)21-13-7-8-14(17-11-16(13)17)22(21)25(28)31/h2-10,13-14,16-17,21-22H,11H2,1H3,(H,27,29)/t13-,14-,16-,17+,21+,22+/m0/s1. The molecule has 0 radical (unpaired) electrons. The lowest BCUT2D eigenvalue weighted by molar-refractivity contribution is -0.124. The van der Waals surface area contributed by atoms with Crippen LogP contribution in [0, 0.1) is 35.5 Å². The summed E-state index contributed by atoms with van der Waals surface area (Å²) in [7, 11) is 1.50. The average molecular weight is 449 g/mol. The monoisotopic (exact) mass is 448 g/mol. The highest BCUT2D eigenvalue weighted by molar-refractivity contribution is 6.31. The van der Waals surface area contributed by atoms with Crippen LogP contribution in [0.15, 0.2) is 54.6 Å². The van der Waals surface area contributed by atoms with Gasteiger partial charge in [-0.15, -0.1) is 0 Å². The quantitative estimate of drug-likeness (QED) is 0.563. The second kappa shape index (κ2) is 6.94. The van der Waals surface area contributed by atoms with Crippen LogP contribution in [-0.4, -0.2) is 24.8 Å². The van der Waals surface area contributed by atoms with Crippen LogP contribution in [0.1, 0.15) is 16.8 Å². The van der Waals surface area contributed by atoms with Crippen molar-refractivity contribution in [1.82, 2.24) is 0 Å². The van der Waals surface area contributed by atoms with E-state index in [1.807, 2.05) is 0 Å². The van der Waals surface area contributed by atoms with Crippen molar-refractivity contribution in [2.45, 2.75) is 6.42 Å². The molecule has 2 saturated carbocycles. The predicted octanol–water partition coefficient (Wildman–Crippen LogP) is 4.16. The number of carbonyl (C=O) groups excluding carboxylic acids is 3.